The SMILES string of the molecule is Cc1ncsc1-c1ccc(CNC(=O)[C@@H]2C[C@@H](O)CN2C(=O)[C@@H](NC(=O)CCCCCCCCNC(=O)COc2cc([C@@H](O)[C@H]3O[C@@H](n4ccc5c(N)ncnc54)[C@H](O)[C@@H]3O)ccc2Cl)C(C)(C)C)cc1. The van der Waals surface area contributed by atoms with Crippen molar-refractivity contribution in [3.8, 4) is 16.2 Å². The first kappa shape index (κ1) is 53.1. The lowest BCUT2D eigenvalue weighted by atomic mass is 9.85. The Bertz CT molecular complexity index is 2640. The zero-order valence-electron chi connectivity index (χ0n) is 40.3. The zero-order chi connectivity index (χ0) is 51.0. The molecule has 21 heteroatoms. The van der Waals surface area contributed by atoms with Gasteiger partial charge in [-0.3, -0.25) is 19.2 Å². The second kappa shape index (κ2) is 23.7. The Morgan fingerprint density at radius 2 is 1.68 bits per heavy atom. The highest BCUT2D eigenvalue weighted by molar-refractivity contribution is 7.13. The molecule has 2 aliphatic heterocycles. The standard InChI is InChI=1S/C50H64ClN9O10S/c1-28-43(71-27-57-28)30-14-12-29(13-15-30)23-54-47(67)35-22-32(61)24-60(35)48(68)44(50(2,3)4)58-37(62)11-9-7-5-6-8-10-19-53-38(63)25-69-36-21-31(16-17-34(36)51)39(64)42-40(65)41(66)49(70-42)59-20-18-33-45(52)55-26-56-46(33)59/h12-18,20-21,26-27,32,35,39-42,44,49,61,64-66H,5-11,19,22-25H2,1-4H3,(H,53,63)(H,54,67)(H,58,62)(H2,52,55,56)/t32-,35+,39-,40+,41-,42-,44-,49-/m1/s1. The van der Waals surface area contributed by atoms with Crippen LogP contribution in [0, 0.1) is 12.3 Å². The molecule has 2 aromatic carbocycles. The van der Waals surface area contributed by atoms with E-state index in [0.717, 1.165) is 53.8 Å². The number of carbonyl (C=O) groups excluding carboxylic acids is 4. The van der Waals surface area contributed by atoms with Crippen molar-refractivity contribution in [2.75, 3.05) is 25.4 Å². The van der Waals surface area contributed by atoms with E-state index in [-0.39, 0.29) is 72.4 Å². The number of hydrogen-bond acceptors (Lipinski definition) is 15. The molecule has 0 aliphatic carbocycles. The topological polar surface area (TPSA) is 277 Å². The molecule has 3 aromatic heterocycles. The van der Waals surface area contributed by atoms with E-state index >= 15 is 0 Å². The molecule has 0 radical (unpaired) electrons. The molecule has 0 bridgehead atoms. The van der Waals surface area contributed by atoms with Crippen LogP contribution in [0.4, 0.5) is 5.82 Å². The summed E-state index contributed by atoms with van der Waals surface area (Å²) < 4.78 is 13.2. The number of β-amino-alcohol motifs (C(OH)–C–C–N with tert-alkyl or cyclic N) is 1. The number of nitrogens with one attached hydrogen (secondary N) is 3. The van der Waals surface area contributed by atoms with E-state index in [9.17, 15) is 39.6 Å². The minimum atomic E-state index is -1.47. The smallest absolute Gasteiger partial charge is 0.257 e. The van der Waals surface area contributed by atoms with Crippen LogP contribution >= 0.6 is 22.9 Å². The third-order valence-electron chi connectivity index (χ3n) is 12.9. The number of aryl methyl sites for hydroxylation is 1. The van der Waals surface area contributed by atoms with E-state index in [2.05, 4.69) is 30.9 Å². The molecule has 2 saturated heterocycles. The number of rotatable bonds is 21. The number of thiazole rings is 1. The third-order valence-corrected chi connectivity index (χ3v) is 14.2. The Morgan fingerprint density at radius 1 is 0.944 bits per heavy atom. The van der Waals surface area contributed by atoms with Crippen LogP contribution in [0.3, 0.4) is 0 Å². The van der Waals surface area contributed by atoms with E-state index in [1.54, 1.807) is 23.6 Å². The Kier molecular flexibility index (Phi) is 17.7. The van der Waals surface area contributed by atoms with E-state index in [1.165, 1.54) is 34.0 Å². The lowest BCUT2D eigenvalue weighted by molar-refractivity contribution is -0.144. The monoisotopic (exact) mass is 1020 g/mol. The third kappa shape index (κ3) is 13.0. The summed E-state index contributed by atoms with van der Waals surface area (Å²) in [6.07, 6.45) is 0.528. The lowest BCUT2D eigenvalue weighted by Crippen LogP contribution is -2.57. The van der Waals surface area contributed by atoms with Gasteiger partial charge in [0.15, 0.2) is 12.8 Å². The molecule has 2 fully saturated rings. The molecule has 7 rings (SSSR count). The number of hydrogen-bond donors (Lipinski definition) is 8. The number of aromatic nitrogens is 4. The number of likely N-dealkylation sites (tertiary alicyclic amines) is 1. The minimum Gasteiger partial charge on any atom is -0.482 e. The van der Waals surface area contributed by atoms with Crippen LogP contribution in [0.25, 0.3) is 21.5 Å². The molecule has 0 unspecified atom stereocenters. The summed E-state index contributed by atoms with van der Waals surface area (Å²) in [7, 11) is 0. The molecule has 5 aromatic rings. The van der Waals surface area contributed by atoms with Crippen LogP contribution in [-0.4, -0.2) is 125 Å². The number of halogens is 1. The minimum absolute atomic E-state index is 0.00321. The van der Waals surface area contributed by atoms with Crippen molar-refractivity contribution in [1.82, 2.24) is 40.4 Å². The first-order valence-corrected chi connectivity index (χ1v) is 25.2. The number of aliphatic hydroxyl groups excluding tert-OH is 4. The molecule has 4 amide bonds. The largest absolute Gasteiger partial charge is 0.482 e. The van der Waals surface area contributed by atoms with Gasteiger partial charge in [0.25, 0.3) is 5.91 Å². The fourth-order valence-corrected chi connectivity index (χ4v) is 9.91. The van der Waals surface area contributed by atoms with Gasteiger partial charge in [-0.25, -0.2) is 15.0 Å². The quantitative estimate of drug-likeness (QED) is 0.0471. The molecule has 19 nitrogen and oxygen atoms in total. The Morgan fingerprint density at radius 3 is 2.39 bits per heavy atom. The van der Waals surface area contributed by atoms with Gasteiger partial charge in [-0.05, 0) is 60.1 Å². The Labute approximate surface area is 421 Å². The van der Waals surface area contributed by atoms with E-state index in [1.807, 2.05) is 57.5 Å². The van der Waals surface area contributed by atoms with Gasteiger partial charge in [-0.2, -0.15) is 0 Å². The summed E-state index contributed by atoms with van der Waals surface area (Å²) >= 11 is 7.93. The second-order valence-electron chi connectivity index (χ2n) is 19.3. The molecule has 8 atom stereocenters. The number of amides is 4. The van der Waals surface area contributed by atoms with Gasteiger partial charge in [-0.1, -0.05) is 88.4 Å². The van der Waals surface area contributed by atoms with Crippen LogP contribution in [0.2, 0.25) is 5.02 Å². The molecule has 9 N–H and O–H groups in total. The first-order valence-electron chi connectivity index (χ1n) is 23.9. The summed E-state index contributed by atoms with van der Waals surface area (Å²) in [6.45, 7) is 7.88. The highest BCUT2D eigenvalue weighted by Gasteiger charge is 2.48. The number of benzene rings is 2. The number of unbranched alkanes of at least 4 members (excludes halogenated alkanes) is 5. The van der Waals surface area contributed by atoms with Crippen LogP contribution in [0.5, 0.6) is 5.75 Å². The average Bonchev–Trinajstić information content (AvgIpc) is 4.14. The Balaban J connectivity index is 0.778. The predicted octanol–water partition coefficient (Wildman–Crippen LogP) is 4.49. The zero-order valence-corrected chi connectivity index (χ0v) is 41.9. The molecule has 2 aliphatic rings. The van der Waals surface area contributed by atoms with Gasteiger partial charge in [0.2, 0.25) is 17.7 Å². The van der Waals surface area contributed by atoms with Gasteiger partial charge in [0.1, 0.15) is 60.0 Å². The van der Waals surface area contributed by atoms with Crippen molar-refractivity contribution in [2.24, 2.45) is 5.41 Å². The van der Waals surface area contributed by atoms with Gasteiger partial charge in [0, 0.05) is 38.7 Å². The number of nitrogens with two attached hydrogens (primary N) is 1. The van der Waals surface area contributed by atoms with Crippen molar-refractivity contribution < 1.29 is 49.1 Å². The number of fused-ring (bicyclic) bond motifs is 1. The van der Waals surface area contributed by atoms with E-state index in [0.29, 0.717) is 24.0 Å². The predicted molar refractivity (Wildman–Crippen MR) is 267 cm³/mol. The van der Waals surface area contributed by atoms with Gasteiger partial charge >= 0.3 is 0 Å². The highest BCUT2D eigenvalue weighted by atomic mass is 35.5. The van der Waals surface area contributed by atoms with Crippen molar-refractivity contribution >= 4 is 63.4 Å². The van der Waals surface area contributed by atoms with Gasteiger partial charge in [0.05, 0.1) is 32.6 Å². The normalized spacial score (nSPS) is 21.0. The molecular weight excluding hydrogens is 954 g/mol. The van der Waals surface area contributed by atoms with Crippen molar-refractivity contribution in [2.45, 2.75) is 134 Å². The summed E-state index contributed by atoms with van der Waals surface area (Å²) in [5, 5.41) is 53.0. The maximum absolute atomic E-state index is 14.0. The highest BCUT2D eigenvalue weighted by Crippen LogP contribution is 2.39. The van der Waals surface area contributed by atoms with Crippen LogP contribution in [-0.2, 0) is 30.5 Å². The average molecular weight is 1020 g/mol. The number of nitrogen functional groups attached to an aromatic ring is 1. The summed E-state index contributed by atoms with van der Waals surface area (Å²) in [4.78, 5) is 68.3. The maximum atomic E-state index is 14.0. The van der Waals surface area contributed by atoms with E-state index in [4.69, 9.17) is 26.8 Å². The summed E-state index contributed by atoms with van der Waals surface area (Å²) in [5.41, 5.74) is 10.7. The summed E-state index contributed by atoms with van der Waals surface area (Å²) in [5.74, 6) is -1.01. The van der Waals surface area contributed by atoms with E-state index < -0.39 is 60.2 Å². The Hall–Kier alpha value is -5.74. The fourth-order valence-electron chi connectivity index (χ4n) is 8.93. The lowest BCUT2D eigenvalue weighted by Gasteiger charge is -2.35. The van der Waals surface area contributed by atoms with Gasteiger partial charge in [-0.15, -0.1) is 11.3 Å². The number of ether oxygens (including phenoxy) is 2. The van der Waals surface area contributed by atoms with Crippen LogP contribution in [0.15, 0.2) is 66.6 Å². The number of anilines is 1. The molecule has 0 saturated carbocycles. The molecule has 5 heterocycles. The van der Waals surface area contributed by atoms with Crippen molar-refractivity contribution in [1.29, 1.82) is 0 Å². The van der Waals surface area contributed by atoms with Gasteiger partial charge < -0.3 is 61.1 Å². The maximum Gasteiger partial charge on any atom is 0.257 e. The summed E-state index contributed by atoms with van der Waals surface area (Å²) in [6, 6.07) is 12.2. The number of nitrogens with zero attached hydrogens (tertiary/aromatic N) is 5. The van der Waals surface area contributed by atoms with Crippen LogP contribution < -0.4 is 26.4 Å². The second-order valence-corrected chi connectivity index (χ2v) is 20.5. The van der Waals surface area contributed by atoms with Crippen LogP contribution in [0.1, 0.15) is 101 Å². The molecular formula is C50H64ClN9O10S. The molecule has 71 heavy (non-hydrogen) atoms. The number of aliphatic hydroxyl groups is 4. The number of carbonyl (C=O) groups is 4. The molecule has 382 valence electrons. The van der Waals surface area contributed by atoms with Crippen molar-refractivity contribution in [3.63, 3.8) is 0 Å². The first-order chi connectivity index (χ1) is 33.9. The van der Waals surface area contributed by atoms with Crippen molar-refractivity contribution in [3.05, 3.63) is 88.4 Å². The fraction of sp³-hybridized carbons (Fsp3) is 0.500. The molecule has 0 spiro atoms.